The zero-order valence-electron chi connectivity index (χ0n) is 6.78. The molecule has 15 heavy (non-hydrogen) atoms. The smallest absolute Gasteiger partial charge is 0.258 e. The molecule has 0 aliphatic heterocycles. The van der Waals surface area contributed by atoms with Gasteiger partial charge < -0.3 is 0 Å². The lowest BCUT2D eigenvalue weighted by atomic mass is 10.3. The van der Waals surface area contributed by atoms with Crippen LogP contribution in [0.1, 0.15) is 0 Å². The van der Waals surface area contributed by atoms with Crippen LogP contribution in [0, 0.1) is 15.9 Å². The fourth-order valence-corrected chi connectivity index (χ4v) is 2.28. The van der Waals surface area contributed by atoms with Crippen LogP contribution >= 0.6 is 15.9 Å². The van der Waals surface area contributed by atoms with Crippen LogP contribution in [0.4, 0.5) is 14.0 Å². The Morgan fingerprint density at radius 1 is 1.40 bits per heavy atom. The average molecular weight is 302 g/mol. The maximum absolute atomic E-state index is 12.9. The first kappa shape index (κ1) is 12.0. The summed E-state index contributed by atoms with van der Waals surface area (Å²) in [7, 11) is -5.12. The van der Waals surface area contributed by atoms with Crippen molar-refractivity contribution in [2.45, 2.75) is 4.90 Å². The lowest BCUT2D eigenvalue weighted by Gasteiger charge is -2.00. The van der Waals surface area contributed by atoms with E-state index in [2.05, 4.69) is 15.9 Å². The van der Waals surface area contributed by atoms with Gasteiger partial charge in [0.25, 0.3) is 0 Å². The summed E-state index contributed by atoms with van der Waals surface area (Å²) in [4.78, 5) is 8.13. The van der Waals surface area contributed by atoms with E-state index in [9.17, 15) is 26.8 Å². The van der Waals surface area contributed by atoms with Crippen molar-refractivity contribution in [1.82, 2.24) is 0 Å². The first-order valence-electron chi connectivity index (χ1n) is 3.31. The van der Waals surface area contributed by atoms with Crippen LogP contribution in [-0.2, 0) is 10.2 Å². The molecule has 0 fully saturated rings. The topological polar surface area (TPSA) is 77.3 Å². The van der Waals surface area contributed by atoms with E-state index in [1.807, 2.05) is 0 Å². The van der Waals surface area contributed by atoms with E-state index in [4.69, 9.17) is 0 Å². The molecule has 0 aliphatic rings. The highest BCUT2D eigenvalue weighted by atomic mass is 79.9. The van der Waals surface area contributed by atoms with Gasteiger partial charge in [0.2, 0.25) is 5.82 Å². The van der Waals surface area contributed by atoms with E-state index >= 15 is 0 Å². The molecular formula is C6H2BrF2NO4S. The molecular weight excluding hydrogens is 300 g/mol. The Labute approximate surface area is 91.2 Å². The maximum atomic E-state index is 12.9. The minimum atomic E-state index is -5.12. The van der Waals surface area contributed by atoms with Crippen LogP contribution in [-0.4, -0.2) is 13.3 Å². The molecule has 1 aromatic carbocycles. The number of hydrogen-bond donors (Lipinski definition) is 0. The second-order valence-corrected chi connectivity index (χ2v) is 4.60. The predicted molar refractivity (Wildman–Crippen MR) is 49.0 cm³/mol. The molecule has 0 amide bonds. The summed E-state index contributed by atoms with van der Waals surface area (Å²) in [6.07, 6.45) is 0. The summed E-state index contributed by atoms with van der Waals surface area (Å²) < 4.78 is 46.0. The van der Waals surface area contributed by atoms with Crippen molar-refractivity contribution in [1.29, 1.82) is 0 Å². The van der Waals surface area contributed by atoms with Gasteiger partial charge in [-0.25, -0.2) is 0 Å². The van der Waals surface area contributed by atoms with E-state index in [1.54, 1.807) is 0 Å². The first-order chi connectivity index (χ1) is 6.73. The summed E-state index contributed by atoms with van der Waals surface area (Å²) >= 11 is 2.58. The van der Waals surface area contributed by atoms with Gasteiger partial charge in [-0.1, -0.05) is 0 Å². The van der Waals surface area contributed by atoms with Crippen molar-refractivity contribution < 1.29 is 21.6 Å². The third kappa shape index (κ3) is 2.48. The third-order valence-electron chi connectivity index (χ3n) is 1.46. The Kier molecular flexibility index (Phi) is 3.05. The molecule has 0 aromatic heterocycles. The number of benzene rings is 1. The van der Waals surface area contributed by atoms with Gasteiger partial charge in [-0.05, 0) is 22.0 Å². The van der Waals surface area contributed by atoms with Crippen molar-refractivity contribution in [3.05, 3.63) is 32.5 Å². The van der Waals surface area contributed by atoms with Gasteiger partial charge in [0.1, 0.15) is 4.90 Å². The molecule has 1 aromatic rings. The number of halogens is 3. The van der Waals surface area contributed by atoms with E-state index in [0.29, 0.717) is 12.1 Å². The fourth-order valence-electron chi connectivity index (χ4n) is 0.845. The molecule has 0 saturated heterocycles. The van der Waals surface area contributed by atoms with Crippen LogP contribution in [0.5, 0.6) is 0 Å². The molecule has 0 atom stereocenters. The Hall–Kier alpha value is -1.09. The molecule has 9 heteroatoms. The largest absolute Gasteiger partial charge is 0.333 e. The minimum Gasteiger partial charge on any atom is -0.258 e. The molecule has 0 N–H and O–H groups in total. The van der Waals surface area contributed by atoms with E-state index in [-0.39, 0.29) is 0 Å². The molecule has 0 spiro atoms. The Balaban J connectivity index is 3.58. The highest BCUT2D eigenvalue weighted by Gasteiger charge is 2.24. The summed E-state index contributed by atoms with van der Waals surface area (Å²) in [6.45, 7) is 0. The van der Waals surface area contributed by atoms with Crippen molar-refractivity contribution in [2.75, 3.05) is 0 Å². The van der Waals surface area contributed by atoms with Crippen molar-refractivity contribution in [3.8, 4) is 0 Å². The van der Waals surface area contributed by atoms with Gasteiger partial charge in [0.05, 0.1) is 4.92 Å². The Morgan fingerprint density at radius 2 is 1.93 bits per heavy atom. The highest BCUT2D eigenvalue weighted by Crippen LogP contribution is 2.30. The average Bonchev–Trinajstić information content (AvgIpc) is 2.00. The number of rotatable bonds is 2. The number of nitrogens with zero attached hydrogens (tertiary/aromatic N) is 1. The van der Waals surface area contributed by atoms with Gasteiger partial charge in [0.15, 0.2) is 0 Å². The second-order valence-electron chi connectivity index (χ2n) is 2.43. The van der Waals surface area contributed by atoms with Crippen molar-refractivity contribution >= 4 is 31.8 Å². The molecule has 0 heterocycles. The van der Waals surface area contributed by atoms with Gasteiger partial charge in [0, 0.05) is 10.5 Å². The van der Waals surface area contributed by atoms with Crippen LogP contribution in [0.25, 0.3) is 0 Å². The van der Waals surface area contributed by atoms with E-state index in [1.165, 1.54) is 0 Å². The molecule has 0 bridgehead atoms. The Bertz CT molecular complexity index is 530. The minimum absolute atomic E-state index is 0.314. The molecule has 82 valence electrons. The lowest BCUT2D eigenvalue weighted by Crippen LogP contribution is -1.99. The zero-order valence-corrected chi connectivity index (χ0v) is 9.18. The molecule has 0 aliphatic carbocycles. The molecule has 0 radical (unpaired) electrons. The standard InChI is InChI=1S/C6H2BrF2NO4S/c7-3-1-4(8)5(10(11)12)2-6(3)15(9,13)14/h1-2H. The molecule has 5 nitrogen and oxygen atoms in total. The van der Waals surface area contributed by atoms with Crippen LogP contribution in [0.15, 0.2) is 21.5 Å². The number of nitro groups is 1. The van der Waals surface area contributed by atoms with Gasteiger partial charge >= 0.3 is 15.9 Å². The number of nitro benzene ring substituents is 1. The van der Waals surface area contributed by atoms with Gasteiger partial charge in [-0.2, -0.15) is 12.8 Å². The highest BCUT2D eigenvalue weighted by molar-refractivity contribution is 9.10. The van der Waals surface area contributed by atoms with Crippen LogP contribution in [0.3, 0.4) is 0 Å². The monoisotopic (exact) mass is 301 g/mol. The molecule has 1 rings (SSSR count). The molecule has 0 unspecified atom stereocenters. The summed E-state index contributed by atoms with van der Waals surface area (Å²) in [6, 6.07) is 0.833. The van der Waals surface area contributed by atoms with E-state index < -0.39 is 36.0 Å². The van der Waals surface area contributed by atoms with Crippen molar-refractivity contribution in [3.63, 3.8) is 0 Å². The fraction of sp³-hybridized carbons (Fsp3) is 0. The maximum Gasteiger partial charge on any atom is 0.333 e. The van der Waals surface area contributed by atoms with Gasteiger partial charge in [-0.3, -0.25) is 10.1 Å². The number of hydrogen-bond acceptors (Lipinski definition) is 4. The summed E-state index contributed by atoms with van der Waals surface area (Å²) in [5.74, 6) is -1.25. The molecule has 0 saturated carbocycles. The summed E-state index contributed by atoms with van der Waals surface area (Å²) in [5.41, 5.74) is -1.10. The lowest BCUT2D eigenvalue weighted by molar-refractivity contribution is -0.387. The second kappa shape index (κ2) is 3.81. The van der Waals surface area contributed by atoms with Crippen LogP contribution < -0.4 is 0 Å². The van der Waals surface area contributed by atoms with E-state index in [0.717, 1.165) is 0 Å². The normalized spacial score (nSPS) is 11.4. The van der Waals surface area contributed by atoms with Gasteiger partial charge in [-0.15, -0.1) is 3.89 Å². The quantitative estimate of drug-likeness (QED) is 0.476. The zero-order chi connectivity index (χ0) is 11.8. The SMILES string of the molecule is O=[N+]([O-])c1cc(S(=O)(=O)F)c(Br)cc1F. The Morgan fingerprint density at radius 3 is 2.33 bits per heavy atom. The first-order valence-corrected chi connectivity index (χ1v) is 5.49. The van der Waals surface area contributed by atoms with Crippen LogP contribution in [0.2, 0.25) is 0 Å². The predicted octanol–water partition coefficient (Wildman–Crippen LogP) is 2.15. The van der Waals surface area contributed by atoms with Crippen molar-refractivity contribution in [2.24, 2.45) is 0 Å². The summed E-state index contributed by atoms with van der Waals surface area (Å²) in [5, 5.41) is 10.2. The third-order valence-corrected chi connectivity index (χ3v) is 3.24.